The normalized spacial score (nSPS) is 15.0. The lowest BCUT2D eigenvalue weighted by Gasteiger charge is -1.97. The van der Waals surface area contributed by atoms with Gasteiger partial charge in [0.25, 0.3) is 0 Å². The number of aromatic carboxylic acids is 1. The summed E-state index contributed by atoms with van der Waals surface area (Å²) in [5, 5.41) is 10.5. The molecule has 0 aliphatic rings. The van der Waals surface area contributed by atoms with Crippen LogP contribution < -0.4 is 9.67 Å². The zero-order valence-electron chi connectivity index (χ0n) is 8.07. The first-order valence-corrected chi connectivity index (χ1v) is 2.65. The van der Waals surface area contributed by atoms with Crippen molar-refractivity contribution in [3.63, 3.8) is 0 Å². The Labute approximate surface area is 62.8 Å². The molecule has 0 saturated carbocycles. The second kappa shape index (κ2) is 2.47. The molecule has 0 bridgehead atoms. The topological polar surface area (TPSA) is 44.0 Å². The molecule has 52 valence electrons. The average Bonchev–Trinajstić information content (AvgIpc) is 2.03. The number of aromatic nitrogens is 1. The molecule has 0 N–H and O–H groups in total. The zero-order valence-corrected chi connectivity index (χ0v) is 5.07. The molecule has 0 amide bonds. The number of hydrogen-bond donors (Lipinski definition) is 0. The highest BCUT2D eigenvalue weighted by Crippen LogP contribution is 1.86. The maximum Gasteiger partial charge on any atom is 0.227 e. The minimum atomic E-state index is -2.49. The van der Waals surface area contributed by atoms with Crippen LogP contribution in [-0.4, -0.2) is 5.97 Å². The highest BCUT2D eigenvalue weighted by Gasteiger charge is 2.02. The van der Waals surface area contributed by atoms with Gasteiger partial charge in [0.15, 0.2) is 6.20 Å². The summed E-state index contributed by atoms with van der Waals surface area (Å²) < 4.78 is 21.7. The molecule has 0 saturated heterocycles. The third kappa shape index (κ3) is 1.13. The van der Waals surface area contributed by atoms with Gasteiger partial charge in [-0.2, -0.15) is 4.57 Å². The molecule has 0 aliphatic heterocycles. The van der Waals surface area contributed by atoms with Crippen molar-refractivity contribution >= 4 is 5.97 Å². The molecule has 1 aromatic heterocycles. The van der Waals surface area contributed by atoms with E-state index in [1.54, 1.807) is 0 Å². The van der Waals surface area contributed by atoms with Crippen molar-refractivity contribution in [2.75, 3.05) is 0 Å². The monoisotopic (exact) mass is 140 g/mol. The van der Waals surface area contributed by atoms with Gasteiger partial charge in [-0.15, -0.1) is 0 Å². The molecule has 3 heteroatoms. The standard InChI is InChI=1S/C7H7NO2/c1-8-5-3-2-4-6(8)7(9)10/h2-5H,1H3/i1D3. The van der Waals surface area contributed by atoms with Crippen LogP contribution in [-0.2, 0) is 6.98 Å². The Kier molecular flexibility index (Phi) is 0.917. The number of carbonyl (C=O) groups is 1. The molecule has 3 nitrogen and oxygen atoms in total. The average molecular weight is 140 g/mol. The van der Waals surface area contributed by atoms with Crippen molar-refractivity contribution in [2.24, 2.45) is 6.98 Å². The summed E-state index contributed by atoms with van der Waals surface area (Å²) in [4.78, 5) is 10.5. The Morgan fingerprint density at radius 3 is 3.10 bits per heavy atom. The second-order valence-corrected chi connectivity index (χ2v) is 1.74. The van der Waals surface area contributed by atoms with Crippen LogP contribution in [0.5, 0.6) is 0 Å². The SMILES string of the molecule is [2H]C([2H])([2H])[n+]1ccccc1C(=O)[O-]. The summed E-state index contributed by atoms with van der Waals surface area (Å²) in [5.41, 5.74) is -0.359. The Balaban J connectivity index is 3.28. The molecule has 1 heterocycles. The predicted molar refractivity (Wildman–Crippen MR) is 31.9 cm³/mol. The number of carboxylic acid groups (broad SMARTS) is 1. The summed E-state index contributed by atoms with van der Waals surface area (Å²) in [6.07, 6.45) is 1.18. The molecule has 0 spiro atoms. The quantitative estimate of drug-likeness (QED) is 0.463. The van der Waals surface area contributed by atoms with Gasteiger partial charge in [-0.25, -0.2) is 0 Å². The summed E-state index contributed by atoms with van der Waals surface area (Å²) in [6, 6.07) is 4.06. The van der Waals surface area contributed by atoms with Gasteiger partial charge in [0.05, 0.1) is 0 Å². The summed E-state index contributed by atoms with van der Waals surface area (Å²) in [7, 11) is 0. The van der Waals surface area contributed by atoms with E-state index in [1.165, 1.54) is 24.4 Å². The van der Waals surface area contributed by atoms with Crippen molar-refractivity contribution in [1.82, 2.24) is 0 Å². The number of aryl methyl sites for hydroxylation is 1. The van der Waals surface area contributed by atoms with Crippen LogP contribution in [0.3, 0.4) is 0 Å². The number of hydrogen-bond acceptors (Lipinski definition) is 2. The van der Waals surface area contributed by atoms with Gasteiger partial charge < -0.3 is 9.90 Å². The Hall–Kier alpha value is -1.38. The van der Waals surface area contributed by atoms with Crippen molar-refractivity contribution in [3.05, 3.63) is 30.1 Å². The van der Waals surface area contributed by atoms with Crippen LogP contribution in [0, 0.1) is 0 Å². The fourth-order valence-corrected chi connectivity index (χ4v) is 0.609. The lowest BCUT2D eigenvalue weighted by atomic mass is 10.3. The van der Waals surface area contributed by atoms with E-state index in [9.17, 15) is 9.90 Å². The highest BCUT2D eigenvalue weighted by atomic mass is 16.4. The smallest absolute Gasteiger partial charge is 0.227 e. The largest absolute Gasteiger partial charge is 0.539 e. The third-order valence-corrected chi connectivity index (χ3v) is 1.07. The minimum absolute atomic E-state index is 0.359. The molecule has 0 unspecified atom stereocenters. The van der Waals surface area contributed by atoms with Crippen LogP contribution in [0.1, 0.15) is 14.6 Å². The van der Waals surface area contributed by atoms with Gasteiger partial charge in [0, 0.05) is 12.1 Å². The number of nitrogens with zero attached hydrogens (tertiary/aromatic N) is 1. The van der Waals surface area contributed by atoms with Gasteiger partial charge in [0.1, 0.15) is 17.1 Å². The number of pyridine rings is 1. The first-order chi connectivity index (χ1) is 5.93. The van der Waals surface area contributed by atoms with Gasteiger partial charge in [0.2, 0.25) is 5.69 Å². The van der Waals surface area contributed by atoms with Crippen LogP contribution in [0.25, 0.3) is 0 Å². The van der Waals surface area contributed by atoms with Crippen LogP contribution in [0.15, 0.2) is 24.4 Å². The fourth-order valence-electron chi connectivity index (χ4n) is 0.609. The summed E-state index contributed by atoms with van der Waals surface area (Å²) in [5.74, 6) is -1.50. The van der Waals surface area contributed by atoms with Gasteiger partial charge in [-0.3, -0.25) is 0 Å². The van der Waals surface area contributed by atoms with E-state index in [1.807, 2.05) is 0 Å². The van der Waals surface area contributed by atoms with Crippen molar-refractivity contribution < 1.29 is 18.6 Å². The molecule has 1 aromatic rings. The van der Waals surface area contributed by atoms with Gasteiger partial charge >= 0.3 is 0 Å². The van der Waals surface area contributed by atoms with Gasteiger partial charge in [-0.05, 0) is 6.07 Å². The molecule has 0 aromatic carbocycles. The minimum Gasteiger partial charge on any atom is -0.539 e. The maximum atomic E-state index is 10.5. The van der Waals surface area contributed by atoms with Gasteiger partial charge in [-0.1, -0.05) is 0 Å². The second-order valence-electron chi connectivity index (χ2n) is 1.74. The number of carbonyl (C=O) groups excluding carboxylic acids is 1. The van der Waals surface area contributed by atoms with Crippen molar-refractivity contribution in [1.29, 1.82) is 0 Å². The van der Waals surface area contributed by atoms with Crippen molar-refractivity contribution in [3.8, 4) is 0 Å². The maximum absolute atomic E-state index is 10.5. The number of rotatable bonds is 1. The first-order valence-electron chi connectivity index (χ1n) is 4.15. The molecule has 1 rings (SSSR count). The van der Waals surface area contributed by atoms with E-state index in [-0.39, 0.29) is 5.69 Å². The molecule has 0 atom stereocenters. The van der Waals surface area contributed by atoms with Crippen LogP contribution >= 0.6 is 0 Å². The highest BCUT2D eigenvalue weighted by molar-refractivity contribution is 5.81. The van der Waals surface area contributed by atoms with E-state index >= 15 is 0 Å². The fraction of sp³-hybridized carbons (Fsp3) is 0.143. The van der Waals surface area contributed by atoms with E-state index in [0.717, 1.165) is 0 Å². The zero-order chi connectivity index (χ0) is 10.1. The Morgan fingerprint density at radius 2 is 2.60 bits per heavy atom. The van der Waals surface area contributed by atoms with E-state index in [2.05, 4.69) is 0 Å². The number of carboxylic acids is 1. The molecule has 0 radical (unpaired) electrons. The molecule has 0 aliphatic carbocycles. The van der Waals surface area contributed by atoms with Crippen LogP contribution in [0.4, 0.5) is 0 Å². The lowest BCUT2D eigenvalue weighted by molar-refractivity contribution is -0.676. The summed E-state index contributed by atoms with van der Waals surface area (Å²) in [6.45, 7) is -2.49. The van der Waals surface area contributed by atoms with E-state index < -0.39 is 12.9 Å². The lowest BCUT2D eigenvalue weighted by Crippen LogP contribution is -2.40. The van der Waals surface area contributed by atoms with E-state index in [0.29, 0.717) is 4.57 Å². The van der Waals surface area contributed by atoms with Crippen LogP contribution in [0.2, 0.25) is 0 Å². The molecular formula is C7H7NO2. The molecule has 10 heavy (non-hydrogen) atoms. The predicted octanol–water partition coefficient (Wildman–Crippen LogP) is -1.13. The third-order valence-electron chi connectivity index (χ3n) is 1.07. The van der Waals surface area contributed by atoms with E-state index in [4.69, 9.17) is 4.11 Å². The Bertz CT molecular complexity index is 335. The first kappa shape index (κ1) is 3.71. The molecule has 0 fully saturated rings. The molecular weight excluding hydrogens is 130 g/mol. The Morgan fingerprint density at radius 1 is 1.80 bits per heavy atom. The van der Waals surface area contributed by atoms with Crippen molar-refractivity contribution in [2.45, 2.75) is 0 Å². The summed E-state index contributed by atoms with van der Waals surface area (Å²) >= 11 is 0.